The molecule has 3 heterocycles. The van der Waals surface area contributed by atoms with Crippen LogP contribution in [0.4, 0.5) is 0 Å². The van der Waals surface area contributed by atoms with Crippen molar-refractivity contribution in [1.29, 1.82) is 0 Å². The van der Waals surface area contributed by atoms with Crippen LogP contribution in [-0.4, -0.2) is 59.2 Å². The predicted octanol–water partition coefficient (Wildman–Crippen LogP) is 2.40. The summed E-state index contributed by atoms with van der Waals surface area (Å²) in [7, 11) is 0. The number of Topliss-reactive ketones (excluding diaryl/α,β-unsaturated/α-hetero) is 1. The summed E-state index contributed by atoms with van der Waals surface area (Å²) in [5.74, 6) is 0.366. The molecule has 1 amide bonds. The fourth-order valence-electron chi connectivity index (χ4n) is 3.19. The first kappa shape index (κ1) is 15.7. The zero-order chi connectivity index (χ0) is 17.2. The average Bonchev–Trinajstić information content (AvgIpc) is 3.31. The highest BCUT2D eigenvalue weighted by Gasteiger charge is 2.25. The summed E-state index contributed by atoms with van der Waals surface area (Å²) in [6.45, 7) is 2.90. The normalized spacial score (nSPS) is 15.6. The number of hydrogen-bond acceptors (Lipinski definition) is 4. The van der Waals surface area contributed by atoms with Gasteiger partial charge in [-0.3, -0.25) is 14.5 Å². The van der Waals surface area contributed by atoms with Gasteiger partial charge in [0.05, 0.1) is 12.8 Å². The van der Waals surface area contributed by atoms with Crippen molar-refractivity contribution < 1.29 is 14.0 Å². The van der Waals surface area contributed by atoms with Gasteiger partial charge < -0.3 is 14.3 Å². The van der Waals surface area contributed by atoms with E-state index in [-0.39, 0.29) is 11.7 Å². The van der Waals surface area contributed by atoms with E-state index < -0.39 is 0 Å². The van der Waals surface area contributed by atoms with Crippen molar-refractivity contribution in [1.82, 2.24) is 14.8 Å². The van der Waals surface area contributed by atoms with Crippen LogP contribution in [0.15, 0.2) is 53.1 Å². The molecule has 6 nitrogen and oxygen atoms in total. The first-order valence-electron chi connectivity index (χ1n) is 8.37. The van der Waals surface area contributed by atoms with Crippen molar-refractivity contribution in [3.63, 3.8) is 0 Å². The van der Waals surface area contributed by atoms with Crippen LogP contribution >= 0.6 is 0 Å². The summed E-state index contributed by atoms with van der Waals surface area (Å²) in [5, 5.41) is 1.04. The van der Waals surface area contributed by atoms with Crippen LogP contribution in [0.5, 0.6) is 0 Å². The van der Waals surface area contributed by atoms with Crippen molar-refractivity contribution in [3.05, 3.63) is 60.2 Å². The maximum Gasteiger partial charge on any atom is 0.270 e. The second kappa shape index (κ2) is 6.57. The van der Waals surface area contributed by atoms with Crippen LogP contribution in [0.2, 0.25) is 0 Å². The Morgan fingerprint density at radius 3 is 2.56 bits per heavy atom. The van der Waals surface area contributed by atoms with E-state index in [1.165, 1.54) is 6.26 Å². The van der Waals surface area contributed by atoms with E-state index in [0.717, 1.165) is 10.9 Å². The molecule has 1 fully saturated rings. The summed E-state index contributed by atoms with van der Waals surface area (Å²) in [6, 6.07) is 13.1. The molecule has 2 aromatic heterocycles. The molecule has 0 radical (unpaired) electrons. The van der Waals surface area contributed by atoms with Crippen LogP contribution in [0.1, 0.15) is 21.0 Å². The highest BCUT2D eigenvalue weighted by Crippen LogP contribution is 2.17. The second-order valence-corrected chi connectivity index (χ2v) is 6.24. The van der Waals surface area contributed by atoms with E-state index >= 15 is 0 Å². The van der Waals surface area contributed by atoms with Crippen molar-refractivity contribution >= 4 is 22.6 Å². The van der Waals surface area contributed by atoms with Crippen LogP contribution in [0.3, 0.4) is 0 Å². The van der Waals surface area contributed by atoms with Gasteiger partial charge in [-0.25, -0.2) is 0 Å². The van der Waals surface area contributed by atoms with E-state index in [1.54, 1.807) is 12.1 Å². The fourth-order valence-corrected chi connectivity index (χ4v) is 3.19. The van der Waals surface area contributed by atoms with Gasteiger partial charge in [0.25, 0.3) is 5.91 Å². The lowest BCUT2D eigenvalue weighted by Gasteiger charge is -2.33. The molecule has 1 aromatic carbocycles. The van der Waals surface area contributed by atoms with Crippen LogP contribution < -0.4 is 0 Å². The molecule has 6 heteroatoms. The van der Waals surface area contributed by atoms with Crippen molar-refractivity contribution in [2.45, 2.75) is 0 Å². The average molecular weight is 337 g/mol. The lowest BCUT2D eigenvalue weighted by Crippen LogP contribution is -2.50. The largest absolute Gasteiger partial charge is 0.461 e. The number of hydrogen-bond donors (Lipinski definition) is 1. The molecule has 0 atom stereocenters. The number of para-hydroxylation sites is 1. The predicted molar refractivity (Wildman–Crippen MR) is 93.7 cm³/mol. The topological polar surface area (TPSA) is 69.6 Å². The number of nitrogens with zero attached hydrogens (tertiary/aromatic N) is 2. The fraction of sp³-hybridized carbons (Fsp3) is 0.263. The number of piperazine rings is 1. The number of aromatic amines is 1. The minimum Gasteiger partial charge on any atom is -0.461 e. The minimum atomic E-state index is -0.0274. The van der Waals surface area contributed by atoms with Crippen molar-refractivity contribution in [2.24, 2.45) is 0 Å². The molecule has 0 saturated carbocycles. The monoisotopic (exact) mass is 337 g/mol. The second-order valence-electron chi connectivity index (χ2n) is 6.24. The molecule has 25 heavy (non-hydrogen) atoms. The highest BCUT2D eigenvalue weighted by molar-refractivity contribution is 5.98. The Kier molecular flexibility index (Phi) is 4.11. The molecular formula is C19H19N3O3. The summed E-state index contributed by atoms with van der Waals surface area (Å²) >= 11 is 0. The molecule has 0 unspecified atom stereocenters. The Hall–Kier alpha value is -2.86. The van der Waals surface area contributed by atoms with Crippen molar-refractivity contribution in [2.75, 3.05) is 32.7 Å². The van der Waals surface area contributed by atoms with E-state index in [2.05, 4.69) is 9.88 Å². The molecule has 1 N–H and O–H groups in total. The summed E-state index contributed by atoms with van der Waals surface area (Å²) in [4.78, 5) is 31.8. The molecular weight excluding hydrogens is 318 g/mol. The molecule has 1 aliphatic rings. The number of nitrogens with one attached hydrogen (secondary N) is 1. The molecule has 0 aliphatic carbocycles. The van der Waals surface area contributed by atoms with Gasteiger partial charge in [-0.1, -0.05) is 18.2 Å². The molecule has 1 aliphatic heterocycles. The van der Waals surface area contributed by atoms with Gasteiger partial charge in [-0.15, -0.1) is 0 Å². The number of furan rings is 1. The highest BCUT2D eigenvalue weighted by atomic mass is 16.3. The van der Waals surface area contributed by atoms with E-state index in [0.29, 0.717) is 44.2 Å². The van der Waals surface area contributed by atoms with Gasteiger partial charge in [0.1, 0.15) is 5.69 Å². The SMILES string of the molecule is O=C(CN1CCN(C(=O)c2cc3ccccc3[nH]2)CC1)c1ccco1. The zero-order valence-electron chi connectivity index (χ0n) is 13.8. The number of rotatable bonds is 4. The number of carbonyl (C=O) groups excluding carboxylic acids is 2. The lowest BCUT2D eigenvalue weighted by molar-refractivity contribution is 0.0616. The number of H-pyrrole nitrogens is 1. The first-order chi connectivity index (χ1) is 12.2. The van der Waals surface area contributed by atoms with Crippen LogP contribution in [0, 0.1) is 0 Å². The third kappa shape index (κ3) is 3.21. The van der Waals surface area contributed by atoms with Gasteiger partial charge in [0.2, 0.25) is 5.78 Å². The Balaban J connectivity index is 1.36. The third-order valence-electron chi connectivity index (χ3n) is 4.58. The Morgan fingerprint density at radius 2 is 1.84 bits per heavy atom. The number of ketones is 1. The van der Waals surface area contributed by atoms with Gasteiger partial charge in [-0.05, 0) is 24.3 Å². The number of carbonyl (C=O) groups is 2. The molecule has 1 saturated heterocycles. The number of fused-ring (bicyclic) bond motifs is 1. The van der Waals surface area contributed by atoms with Gasteiger partial charge >= 0.3 is 0 Å². The van der Waals surface area contributed by atoms with Gasteiger partial charge in [0.15, 0.2) is 5.76 Å². The Bertz CT molecular complexity index is 857. The number of aromatic nitrogens is 1. The summed E-state index contributed by atoms with van der Waals surface area (Å²) in [6.07, 6.45) is 1.50. The smallest absolute Gasteiger partial charge is 0.270 e. The molecule has 128 valence electrons. The minimum absolute atomic E-state index is 0.00760. The lowest BCUT2D eigenvalue weighted by atomic mass is 10.2. The van der Waals surface area contributed by atoms with Crippen molar-refractivity contribution in [3.8, 4) is 0 Å². The summed E-state index contributed by atoms with van der Waals surface area (Å²) < 4.78 is 5.14. The Labute approximate surface area is 145 Å². The van der Waals surface area contributed by atoms with Crippen LogP contribution in [-0.2, 0) is 0 Å². The van der Waals surface area contributed by atoms with E-state index in [1.807, 2.05) is 35.2 Å². The third-order valence-corrected chi connectivity index (χ3v) is 4.58. The molecule has 4 rings (SSSR count). The maximum atomic E-state index is 12.7. The number of amides is 1. The molecule has 0 spiro atoms. The standard InChI is InChI=1S/C19H19N3O3/c23-17(18-6-3-11-25-18)13-21-7-9-22(10-8-21)19(24)16-12-14-4-1-2-5-15(14)20-16/h1-6,11-12,20H,7-10,13H2. The van der Waals surface area contributed by atoms with Crippen LogP contribution in [0.25, 0.3) is 10.9 Å². The molecule has 0 bridgehead atoms. The summed E-state index contributed by atoms with van der Waals surface area (Å²) in [5.41, 5.74) is 1.58. The van der Waals surface area contributed by atoms with E-state index in [4.69, 9.17) is 4.42 Å². The number of benzene rings is 1. The zero-order valence-corrected chi connectivity index (χ0v) is 13.8. The Morgan fingerprint density at radius 1 is 1.04 bits per heavy atom. The maximum absolute atomic E-state index is 12.7. The quantitative estimate of drug-likeness (QED) is 0.742. The van der Waals surface area contributed by atoms with Gasteiger partial charge in [0, 0.05) is 37.1 Å². The molecule has 3 aromatic rings. The van der Waals surface area contributed by atoms with E-state index in [9.17, 15) is 9.59 Å². The first-order valence-corrected chi connectivity index (χ1v) is 8.37. The van der Waals surface area contributed by atoms with Gasteiger partial charge in [-0.2, -0.15) is 0 Å².